The average molecular weight is 318 g/mol. The summed E-state index contributed by atoms with van der Waals surface area (Å²) in [6.07, 6.45) is 1.29. The van der Waals surface area contributed by atoms with E-state index in [0.717, 1.165) is 0 Å². The van der Waals surface area contributed by atoms with Gasteiger partial charge < -0.3 is 15.3 Å². The molecule has 0 aromatic heterocycles. The number of aliphatic carboxylic acids is 1. The summed E-state index contributed by atoms with van der Waals surface area (Å²) in [5.41, 5.74) is 1.03. The Morgan fingerprint density at radius 2 is 2.04 bits per heavy atom. The molecule has 1 aliphatic rings. The smallest absolute Gasteiger partial charge is 0.308 e. The number of hydrogen-bond donors (Lipinski definition) is 2. The van der Waals surface area contributed by atoms with Crippen molar-refractivity contribution in [3.8, 4) is 0 Å². The molecule has 1 aliphatic heterocycles. The minimum Gasteiger partial charge on any atom is -0.481 e. The second kappa shape index (κ2) is 7.26. The first-order valence-electron chi connectivity index (χ1n) is 7.81. The van der Waals surface area contributed by atoms with Crippen LogP contribution in [0, 0.1) is 11.8 Å². The molecule has 1 atom stereocenters. The van der Waals surface area contributed by atoms with Crippen molar-refractivity contribution in [2.45, 2.75) is 26.7 Å². The lowest BCUT2D eigenvalue weighted by molar-refractivity contribution is -0.143. The minimum atomic E-state index is -0.861. The quantitative estimate of drug-likeness (QED) is 0.891. The number of carboxylic acids is 1. The molecule has 2 N–H and O–H groups in total. The lowest BCUT2D eigenvalue weighted by Gasteiger charge is -2.30. The number of anilines is 1. The maximum Gasteiger partial charge on any atom is 0.308 e. The summed E-state index contributed by atoms with van der Waals surface area (Å²) < 4.78 is 0. The molecule has 0 spiro atoms. The number of piperidine rings is 1. The van der Waals surface area contributed by atoms with Gasteiger partial charge in [0.2, 0.25) is 5.91 Å². The second-order valence-electron chi connectivity index (χ2n) is 6.15. The standard InChI is InChI=1S/C17H22N2O4/c1-11(2)15(20)18-14-7-3-5-12(9-14)16(21)19-8-4-6-13(10-19)17(22)23/h3,5,7,9,11,13H,4,6,8,10H2,1-2H3,(H,18,20)(H,22,23)/t13-/m1/s1. The van der Waals surface area contributed by atoms with Crippen molar-refractivity contribution in [2.24, 2.45) is 11.8 Å². The van der Waals surface area contributed by atoms with Gasteiger partial charge in [-0.15, -0.1) is 0 Å². The van der Waals surface area contributed by atoms with Gasteiger partial charge in [0.15, 0.2) is 0 Å². The Labute approximate surface area is 135 Å². The normalized spacial score (nSPS) is 17.9. The largest absolute Gasteiger partial charge is 0.481 e. The Hall–Kier alpha value is -2.37. The van der Waals surface area contributed by atoms with Gasteiger partial charge in [0.1, 0.15) is 0 Å². The SMILES string of the molecule is CC(C)C(=O)Nc1cccc(C(=O)N2CCC[C@@H](C(=O)O)C2)c1. The molecule has 1 aromatic rings. The first-order chi connectivity index (χ1) is 10.9. The van der Waals surface area contributed by atoms with Gasteiger partial charge in [0, 0.05) is 30.3 Å². The van der Waals surface area contributed by atoms with Crippen molar-refractivity contribution in [3.63, 3.8) is 0 Å². The van der Waals surface area contributed by atoms with Crippen LogP contribution in [0.4, 0.5) is 5.69 Å². The highest BCUT2D eigenvalue weighted by molar-refractivity contribution is 5.97. The molecule has 0 aliphatic carbocycles. The number of nitrogens with zero attached hydrogens (tertiary/aromatic N) is 1. The van der Waals surface area contributed by atoms with Crippen LogP contribution in [0.15, 0.2) is 24.3 Å². The molecule has 1 fully saturated rings. The first kappa shape index (κ1) is 17.0. The van der Waals surface area contributed by atoms with Gasteiger partial charge in [-0.25, -0.2) is 0 Å². The van der Waals surface area contributed by atoms with E-state index in [-0.39, 0.29) is 24.3 Å². The second-order valence-corrected chi connectivity index (χ2v) is 6.15. The molecule has 0 bridgehead atoms. The van der Waals surface area contributed by atoms with Crippen LogP contribution in [0.2, 0.25) is 0 Å². The summed E-state index contributed by atoms with van der Waals surface area (Å²) in [7, 11) is 0. The van der Waals surface area contributed by atoms with Gasteiger partial charge in [-0.2, -0.15) is 0 Å². The van der Waals surface area contributed by atoms with Crippen molar-refractivity contribution in [1.82, 2.24) is 4.90 Å². The van der Waals surface area contributed by atoms with E-state index in [9.17, 15) is 14.4 Å². The highest BCUT2D eigenvalue weighted by atomic mass is 16.4. The van der Waals surface area contributed by atoms with Gasteiger partial charge >= 0.3 is 5.97 Å². The molecule has 0 saturated carbocycles. The molecule has 124 valence electrons. The van der Waals surface area contributed by atoms with Gasteiger partial charge in [-0.1, -0.05) is 19.9 Å². The van der Waals surface area contributed by atoms with E-state index in [2.05, 4.69) is 5.32 Å². The fourth-order valence-electron chi connectivity index (χ4n) is 2.56. The zero-order valence-corrected chi connectivity index (χ0v) is 13.4. The highest BCUT2D eigenvalue weighted by Crippen LogP contribution is 2.20. The Kier molecular flexibility index (Phi) is 5.36. The molecule has 6 nitrogen and oxygen atoms in total. The van der Waals surface area contributed by atoms with E-state index in [1.807, 2.05) is 0 Å². The van der Waals surface area contributed by atoms with Crippen molar-refractivity contribution in [1.29, 1.82) is 0 Å². The van der Waals surface area contributed by atoms with E-state index < -0.39 is 11.9 Å². The molecule has 6 heteroatoms. The lowest BCUT2D eigenvalue weighted by atomic mass is 9.97. The number of carboxylic acid groups (broad SMARTS) is 1. The summed E-state index contributed by atoms with van der Waals surface area (Å²) >= 11 is 0. The average Bonchev–Trinajstić information content (AvgIpc) is 2.54. The van der Waals surface area contributed by atoms with Crippen LogP contribution >= 0.6 is 0 Å². The number of nitrogens with one attached hydrogen (secondary N) is 1. The molecule has 23 heavy (non-hydrogen) atoms. The van der Waals surface area contributed by atoms with Crippen LogP contribution in [0.3, 0.4) is 0 Å². The maximum absolute atomic E-state index is 12.6. The van der Waals surface area contributed by atoms with E-state index in [1.165, 1.54) is 0 Å². The number of hydrogen-bond acceptors (Lipinski definition) is 3. The van der Waals surface area contributed by atoms with Crippen LogP contribution in [0.5, 0.6) is 0 Å². The first-order valence-corrected chi connectivity index (χ1v) is 7.81. The summed E-state index contributed by atoms with van der Waals surface area (Å²) in [6.45, 7) is 4.39. The summed E-state index contributed by atoms with van der Waals surface area (Å²) in [5.74, 6) is -1.82. The third-order valence-corrected chi connectivity index (χ3v) is 3.96. The Balaban J connectivity index is 2.10. The van der Waals surface area contributed by atoms with Gasteiger partial charge in [0.05, 0.1) is 5.92 Å². The minimum absolute atomic E-state index is 0.112. The molecular formula is C17H22N2O4. The monoisotopic (exact) mass is 318 g/mol. The fraction of sp³-hybridized carbons (Fsp3) is 0.471. The zero-order valence-electron chi connectivity index (χ0n) is 13.4. The maximum atomic E-state index is 12.6. The van der Waals surface area contributed by atoms with E-state index >= 15 is 0 Å². The topological polar surface area (TPSA) is 86.7 Å². The van der Waals surface area contributed by atoms with Gasteiger partial charge in [-0.05, 0) is 31.0 Å². The molecule has 2 rings (SSSR count). The van der Waals surface area contributed by atoms with Crippen LogP contribution in [0.1, 0.15) is 37.0 Å². The molecule has 1 heterocycles. The van der Waals surface area contributed by atoms with Crippen LogP contribution in [-0.4, -0.2) is 40.9 Å². The number of benzene rings is 1. The van der Waals surface area contributed by atoms with Crippen molar-refractivity contribution >= 4 is 23.5 Å². The molecule has 0 radical (unpaired) electrons. The summed E-state index contributed by atoms with van der Waals surface area (Å²) in [4.78, 5) is 37.0. The van der Waals surface area contributed by atoms with E-state index in [4.69, 9.17) is 5.11 Å². The molecule has 1 aromatic carbocycles. The van der Waals surface area contributed by atoms with Crippen LogP contribution in [-0.2, 0) is 9.59 Å². The lowest BCUT2D eigenvalue weighted by Crippen LogP contribution is -2.42. The Morgan fingerprint density at radius 1 is 1.30 bits per heavy atom. The molecule has 0 unspecified atom stereocenters. The van der Waals surface area contributed by atoms with E-state index in [1.54, 1.807) is 43.0 Å². The number of carbonyl (C=O) groups is 3. The van der Waals surface area contributed by atoms with Crippen molar-refractivity contribution < 1.29 is 19.5 Å². The Morgan fingerprint density at radius 3 is 2.70 bits per heavy atom. The van der Waals surface area contributed by atoms with E-state index in [0.29, 0.717) is 30.6 Å². The molecule has 1 saturated heterocycles. The van der Waals surface area contributed by atoms with Crippen LogP contribution in [0.25, 0.3) is 0 Å². The predicted molar refractivity (Wildman–Crippen MR) is 86.2 cm³/mol. The van der Waals surface area contributed by atoms with Crippen molar-refractivity contribution in [3.05, 3.63) is 29.8 Å². The Bertz CT molecular complexity index is 612. The summed E-state index contributed by atoms with van der Waals surface area (Å²) in [6, 6.07) is 6.75. The number of likely N-dealkylation sites (tertiary alicyclic amines) is 1. The van der Waals surface area contributed by atoms with Gasteiger partial charge in [0.25, 0.3) is 5.91 Å². The summed E-state index contributed by atoms with van der Waals surface area (Å²) in [5, 5.41) is 11.9. The van der Waals surface area contributed by atoms with Gasteiger partial charge in [-0.3, -0.25) is 14.4 Å². The third kappa shape index (κ3) is 4.31. The van der Waals surface area contributed by atoms with Crippen molar-refractivity contribution in [2.75, 3.05) is 18.4 Å². The van der Waals surface area contributed by atoms with Crippen LogP contribution < -0.4 is 5.32 Å². The fourth-order valence-corrected chi connectivity index (χ4v) is 2.56. The zero-order chi connectivity index (χ0) is 17.0. The highest BCUT2D eigenvalue weighted by Gasteiger charge is 2.28. The predicted octanol–water partition coefficient (Wildman–Crippen LogP) is 2.22. The number of carbonyl (C=O) groups excluding carboxylic acids is 2. The molecule has 2 amide bonds. The number of amides is 2. The molecular weight excluding hydrogens is 296 g/mol. The third-order valence-electron chi connectivity index (χ3n) is 3.96. The number of rotatable bonds is 4.